The van der Waals surface area contributed by atoms with Crippen molar-refractivity contribution in [1.29, 1.82) is 15.8 Å². The third kappa shape index (κ3) is 4.31. The summed E-state index contributed by atoms with van der Waals surface area (Å²) in [5.74, 6) is 0. The summed E-state index contributed by atoms with van der Waals surface area (Å²) in [5.41, 5.74) is 11.0. The summed E-state index contributed by atoms with van der Waals surface area (Å²) in [6.07, 6.45) is 0. The highest BCUT2D eigenvalue weighted by atomic mass is 15.0. The van der Waals surface area contributed by atoms with Crippen LogP contribution in [0.25, 0.3) is 77.2 Å². The predicted octanol–water partition coefficient (Wildman–Crippen LogP) is 10.8. The molecule has 2 heterocycles. The van der Waals surface area contributed by atoms with Gasteiger partial charge in [0.2, 0.25) is 0 Å². The number of aromatic nitrogens is 2. The number of nitriles is 3. The number of rotatable bonds is 4. The fourth-order valence-corrected chi connectivity index (χ4v) is 7.44. The van der Waals surface area contributed by atoms with Gasteiger partial charge in [0, 0.05) is 38.4 Å². The van der Waals surface area contributed by atoms with Crippen LogP contribution in [-0.2, 0) is 0 Å². The molecule has 0 saturated heterocycles. The van der Waals surface area contributed by atoms with Crippen LogP contribution in [0, 0.1) is 34.0 Å². The number of para-hydroxylation sites is 3. The largest absolute Gasteiger partial charge is 0.309 e. The van der Waals surface area contributed by atoms with Gasteiger partial charge < -0.3 is 9.13 Å². The molecule has 0 aliphatic heterocycles. The van der Waals surface area contributed by atoms with Crippen molar-refractivity contribution in [2.75, 3.05) is 0 Å². The Hall–Kier alpha value is -7.39. The summed E-state index contributed by atoms with van der Waals surface area (Å²) in [6.45, 7) is 0. The van der Waals surface area contributed by atoms with Crippen molar-refractivity contribution >= 4 is 43.6 Å². The Morgan fingerprint density at radius 2 is 0.980 bits per heavy atom. The van der Waals surface area contributed by atoms with Crippen molar-refractivity contribution in [3.8, 4) is 51.8 Å². The van der Waals surface area contributed by atoms with Crippen molar-refractivity contribution in [2.45, 2.75) is 0 Å². The quantitative estimate of drug-likeness (QED) is 0.193. The van der Waals surface area contributed by atoms with Crippen LogP contribution >= 0.6 is 0 Å². The van der Waals surface area contributed by atoms with Crippen molar-refractivity contribution in [1.82, 2.24) is 9.13 Å². The maximum absolute atomic E-state index is 10.4. The number of fused-ring (bicyclic) bond motifs is 6. The molecule has 0 radical (unpaired) electrons. The van der Waals surface area contributed by atoms with E-state index in [0.29, 0.717) is 22.3 Å². The lowest BCUT2D eigenvalue weighted by Gasteiger charge is -2.17. The van der Waals surface area contributed by atoms with Crippen LogP contribution in [0.3, 0.4) is 0 Å². The monoisotopic (exact) mass is 635 g/mol. The van der Waals surface area contributed by atoms with Crippen LogP contribution < -0.4 is 0 Å². The van der Waals surface area contributed by atoms with E-state index in [4.69, 9.17) is 0 Å². The fraction of sp³-hybridized carbons (Fsp3) is 0. The van der Waals surface area contributed by atoms with Gasteiger partial charge in [-0.1, -0.05) is 78.9 Å². The summed E-state index contributed by atoms with van der Waals surface area (Å²) in [5, 5.41) is 34.7. The average Bonchev–Trinajstić information content (AvgIpc) is 3.70. The van der Waals surface area contributed by atoms with Crippen LogP contribution in [0.1, 0.15) is 16.7 Å². The van der Waals surface area contributed by atoms with Crippen LogP contribution in [0.15, 0.2) is 152 Å². The van der Waals surface area contributed by atoms with Crippen molar-refractivity contribution < 1.29 is 0 Å². The van der Waals surface area contributed by atoms with Crippen LogP contribution in [0.2, 0.25) is 0 Å². The lowest BCUT2D eigenvalue weighted by Crippen LogP contribution is -2.01. The van der Waals surface area contributed by atoms with Gasteiger partial charge in [-0.15, -0.1) is 0 Å². The normalized spacial score (nSPS) is 11.1. The van der Waals surface area contributed by atoms with Crippen LogP contribution in [0.4, 0.5) is 0 Å². The highest BCUT2D eigenvalue weighted by Crippen LogP contribution is 2.40. The van der Waals surface area contributed by atoms with Gasteiger partial charge in [-0.25, -0.2) is 0 Å². The Kier molecular flexibility index (Phi) is 6.56. The van der Waals surface area contributed by atoms with Gasteiger partial charge >= 0.3 is 0 Å². The Morgan fingerprint density at radius 1 is 0.400 bits per heavy atom. The molecular formula is C45H25N5. The molecule has 0 bridgehead atoms. The maximum atomic E-state index is 10.4. The summed E-state index contributed by atoms with van der Waals surface area (Å²) < 4.78 is 4.43. The summed E-state index contributed by atoms with van der Waals surface area (Å²) in [6, 6.07) is 57.7. The molecule has 230 valence electrons. The second kappa shape index (κ2) is 11.4. The molecule has 2 aromatic heterocycles. The molecule has 50 heavy (non-hydrogen) atoms. The highest BCUT2D eigenvalue weighted by Gasteiger charge is 2.21. The maximum Gasteiger partial charge on any atom is 0.0998 e. The van der Waals surface area contributed by atoms with E-state index in [-0.39, 0.29) is 0 Å². The Labute approximate surface area is 287 Å². The molecule has 0 unspecified atom stereocenters. The third-order valence-corrected chi connectivity index (χ3v) is 9.65. The van der Waals surface area contributed by atoms with E-state index in [0.717, 1.165) is 71.7 Å². The van der Waals surface area contributed by atoms with E-state index in [9.17, 15) is 15.8 Å². The minimum absolute atomic E-state index is 0.497. The zero-order valence-electron chi connectivity index (χ0n) is 26.7. The van der Waals surface area contributed by atoms with Gasteiger partial charge in [0.15, 0.2) is 0 Å². The molecule has 0 atom stereocenters. The molecule has 0 aliphatic carbocycles. The second-order valence-electron chi connectivity index (χ2n) is 12.3. The number of nitrogens with zero attached hydrogens (tertiary/aromatic N) is 5. The van der Waals surface area contributed by atoms with Gasteiger partial charge in [0.25, 0.3) is 0 Å². The fourth-order valence-electron chi connectivity index (χ4n) is 7.44. The smallest absolute Gasteiger partial charge is 0.0998 e. The van der Waals surface area contributed by atoms with Crippen molar-refractivity contribution in [2.24, 2.45) is 0 Å². The molecule has 0 spiro atoms. The summed E-state index contributed by atoms with van der Waals surface area (Å²) in [7, 11) is 0. The summed E-state index contributed by atoms with van der Waals surface area (Å²) >= 11 is 0. The SMILES string of the molecule is N#Cc1ccc2c(c1)c1ccccc1n2-c1ccc(-c2ccc(C#N)c(-c3c(C#N)cccc3-n3c4ccccc4c4ccccc43)c2)cc1. The molecule has 5 heteroatoms. The molecule has 7 aromatic carbocycles. The minimum atomic E-state index is 0.497. The second-order valence-corrected chi connectivity index (χ2v) is 12.3. The van der Waals surface area contributed by atoms with Crippen molar-refractivity contribution in [3.63, 3.8) is 0 Å². The molecule has 0 saturated carbocycles. The molecule has 0 fully saturated rings. The molecular weight excluding hydrogens is 611 g/mol. The number of hydrogen-bond donors (Lipinski definition) is 0. The van der Waals surface area contributed by atoms with E-state index in [1.54, 1.807) is 0 Å². The zero-order chi connectivity index (χ0) is 33.8. The standard InChI is InChI=1S/C45H25N5/c46-26-29-16-23-43-39(24-29)37-11-3-4-12-40(37)49(43)34-21-19-30(20-22-34)31-17-18-32(27-47)38(25-31)45-33(28-48)8-7-15-44(45)50-41-13-5-1-9-35(41)36-10-2-6-14-42(36)50/h1-25H. The van der Waals surface area contributed by atoms with Crippen LogP contribution in [0.5, 0.6) is 0 Å². The Bertz CT molecular complexity index is 2900. The third-order valence-electron chi connectivity index (χ3n) is 9.65. The highest BCUT2D eigenvalue weighted by molar-refractivity contribution is 6.11. The van der Waals surface area contributed by atoms with Crippen LogP contribution in [-0.4, -0.2) is 9.13 Å². The van der Waals surface area contributed by atoms with E-state index in [1.807, 2.05) is 91.0 Å². The van der Waals surface area contributed by atoms with E-state index < -0.39 is 0 Å². The van der Waals surface area contributed by atoms with Gasteiger partial charge in [-0.2, -0.15) is 15.8 Å². The molecule has 5 nitrogen and oxygen atoms in total. The van der Waals surface area contributed by atoms with E-state index in [2.05, 4.69) is 88.0 Å². The first kappa shape index (κ1) is 28.8. The minimum Gasteiger partial charge on any atom is -0.309 e. The van der Waals surface area contributed by atoms with Gasteiger partial charge in [-0.3, -0.25) is 0 Å². The number of benzene rings is 7. The topological polar surface area (TPSA) is 81.2 Å². The van der Waals surface area contributed by atoms with Gasteiger partial charge in [0.1, 0.15) is 0 Å². The van der Waals surface area contributed by atoms with Crippen molar-refractivity contribution in [3.05, 3.63) is 168 Å². The van der Waals surface area contributed by atoms with E-state index in [1.165, 1.54) is 0 Å². The molecule has 0 aliphatic rings. The molecule has 0 N–H and O–H groups in total. The zero-order valence-corrected chi connectivity index (χ0v) is 26.7. The summed E-state index contributed by atoms with van der Waals surface area (Å²) in [4.78, 5) is 0. The predicted molar refractivity (Wildman–Crippen MR) is 200 cm³/mol. The first-order valence-corrected chi connectivity index (χ1v) is 16.3. The number of hydrogen-bond acceptors (Lipinski definition) is 3. The Morgan fingerprint density at radius 3 is 1.62 bits per heavy atom. The lowest BCUT2D eigenvalue weighted by molar-refractivity contribution is 1.18. The lowest BCUT2D eigenvalue weighted by atomic mass is 9.91. The first-order chi connectivity index (χ1) is 24.7. The van der Waals surface area contributed by atoms with E-state index >= 15 is 0 Å². The Balaban J connectivity index is 1.21. The molecule has 9 aromatic rings. The molecule has 9 rings (SSSR count). The van der Waals surface area contributed by atoms with Gasteiger partial charge in [-0.05, 0) is 83.9 Å². The van der Waals surface area contributed by atoms with Gasteiger partial charge in [0.05, 0.1) is 62.7 Å². The first-order valence-electron chi connectivity index (χ1n) is 16.3. The molecule has 0 amide bonds. The average molecular weight is 636 g/mol.